The Kier molecular flexibility index (Phi) is 3.79. The van der Waals surface area contributed by atoms with Crippen molar-refractivity contribution < 1.29 is 0 Å². The average Bonchev–Trinajstić information content (AvgIpc) is 2.21. The van der Waals surface area contributed by atoms with Crippen molar-refractivity contribution in [2.75, 3.05) is 0 Å². The molecule has 63 valence electrons. The van der Waals surface area contributed by atoms with Crippen LogP contribution in [0, 0.1) is 0 Å². The molecular formula is C12H10As. The zero-order chi connectivity index (χ0) is 8.23. The summed E-state index contributed by atoms with van der Waals surface area (Å²) >= 11 is 0. The summed E-state index contributed by atoms with van der Waals surface area (Å²) in [5, 5.41) is 0. The molecule has 0 saturated heterocycles. The molecule has 0 spiro atoms. The molecule has 0 N–H and O–H groups in total. The maximum atomic E-state index is 2.12. The molecule has 0 heterocycles. The van der Waals surface area contributed by atoms with Crippen molar-refractivity contribution in [3.63, 3.8) is 0 Å². The van der Waals surface area contributed by atoms with Crippen molar-refractivity contribution in [1.29, 1.82) is 0 Å². The maximum Gasteiger partial charge on any atom is 0 e. The van der Waals surface area contributed by atoms with E-state index >= 15 is 0 Å². The van der Waals surface area contributed by atoms with Crippen LogP contribution in [-0.4, -0.2) is 18.0 Å². The Morgan fingerprint density at radius 3 is 1.08 bits per heavy atom. The molecule has 2 aromatic carbocycles. The Balaban J connectivity index is 0.000000845. The van der Waals surface area contributed by atoms with Crippen LogP contribution in [0.5, 0.6) is 0 Å². The molecule has 0 aliphatic rings. The van der Waals surface area contributed by atoms with E-state index in [0.29, 0.717) is 0 Å². The first-order valence-corrected chi connectivity index (χ1v) is 4.07. The van der Waals surface area contributed by atoms with Gasteiger partial charge >= 0.3 is 0 Å². The second kappa shape index (κ2) is 4.89. The minimum Gasteiger partial charge on any atom is -0.0622 e. The second-order valence-corrected chi connectivity index (χ2v) is 2.73. The van der Waals surface area contributed by atoms with Gasteiger partial charge in [0.15, 0.2) is 0 Å². The van der Waals surface area contributed by atoms with E-state index in [1.807, 2.05) is 12.1 Å². The third-order valence-electron chi connectivity index (χ3n) is 1.88. The third kappa shape index (κ3) is 2.47. The van der Waals surface area contributed by atoms with Gasteiger partial charge in [0.1, 0.15) is 0 Å². The van der Waals surface area contributed by atoms with Crippen LogP contribution in [0.15, 0.2) is 60.7 Å². The summed E-state index contributed by atoms with van der Waals surface area (Å²) in [5.41, 5.74) is 2.55. The van der Waals surface area contributed by atoms with Gasteiger partial charge in [-0.25, -0.2) is 0 Å². The van der Waals surface area contributed by atoms with Crippen LogP contribution in [-0.2, 0) is 0 Å². The summed E-state index contributed by atoms with van der Waals surface area (Å²) in [7, 11) is 0. The van der Waals surface area contributed by atoms with Crippen LogP contribution >= 0.6 is 0 Å². The van der Waals surface area contributed by atoms with Crippen molar-refractivity contribution in [1.82, 2.24) is 0 Å². The largest absolute Gasteiger partial charge is 0.0622 e. The van der Waals surface area contributed by atoms with Gasteiger partial charge in [-0.3, -0.25) is 0 Å². The average molecular weight is 229 g/mol. The quantitative estimate of drug-likeness (QED) is 0.659. The van der Waals surface area contributed by atoms with E-state index in [-0.39, 0.29) is 18.0 Å². The number of rotatable bonds is 1. The van der Waals surface area contributed by atoms with Crippen LogP contribution in [0.25, 0.3) is 11.1 Å². The minimum absolute atomic E-state index is 0. The zero-order valence-electron chi connectivity index (χ0n) is 7.22. The SMILES string of the molecule is [As].c1ccc(-c2ccccc2)cc1. The topological polar surface area (TPSA) is 0 Å². The van der Waals surface area contributed by atoms with Crippen molar-refractivity contribution >= 4 is 18.0 Å². The van der Waals surface area contributed by atoms with Crippen molar-refractivity contribution in [2.24, 2.45) is 0 Å². The first-order chi connectivity index (χ1) is 5.97. The van der Waals surface area contributed by atoms with Crippen LogP contribution in [0.2, 0.25) is 0 Å². The molecule has 0 fully saturated rings. The van der Waals surface area contributed by atoms with Gasteiger partial charge in [0.05, 0.1) is 0 Å². The molecule has 1 heteroatoms. The number of hydrogen-bond acceptors (Lipinski definition) is 0. The van der Waals surface area contributed by atoms with Gasteiger partial charge in [0.25, 0.3) is 0 Å². The molecule has 0 saturated carbocycles. The fourth-order valence-corrected chi connectivity index (χ4v) is 1.26. The Morgan fingerprint density at radius 2 is 0.769 bits per heavy atom. The summed E-state index contributed by atoms with van der Waals surface area (Å²) in [5.74, 6) is 0. The Bertz CT molecular complexity index is 303. The number of benzene rings is 2. The van der Waals surface area contributed by atoms with Gasteiger partial charge in [-0.1, -0.05) is 60.7 Å². The van der Waals surface area contributed by atoms with Crippen molar-refractivity contribution in [2.45, 2.75) is 0 Å². The fraction of sp³-hybridized carbons (Fsp3) is 0. The van der Waals surface area contributed by atoms with E-state index < -0.39 is 0 Å². The van der Waals surface area contributed by atoms with Crippen LogP contribution in [0.4, 0.5) is 0 Å². The molecule has 2 rings (SSSR count). The summed E-state index contributed by atoms with van der Waals surface area (Å²) in [6, 6.07) is 20.8. The summed E-state index contributed by atoms with van der Waals surface area (Å²) in [4.78, 5) is 0. The number of hydrogen-bond donors (Lipinski definition) is 0. The van der Waals surface area contributed by atoms with Crippen molar-refractivity contribution in [3.8, 4) is 11.1 Å². The van der Waals surface area contributed by atoms with Crippen LogP contribution in [0.1, 0.15) is 0 Å². The monoisotopic (exact) mass is 229 g/mol. The standard InChI is InChI=1S/C12H10.As/c1-3-7-11(8-4-1)12-9-5-2-6-10-12;/h1-10H;. The smallest absolute Gasteiger partial charge is 0 e. The van der Waals surface area contributed by atoms with Gasteiger partial charge in [-0.05, 0) is 11.1 Å². The minimum atomic E-state index is 0. The van der Waals surface area contributed by atoms with Gasteiger partial charge in [-0.2, -0.15) is 0 Å². The normalized spacial score (nSPS) is 8.92. The van der Waals surface area contributed by atoms with Gasteiger partial charge < -0.3 is 0 Å². The third-order valence-corrected chi connectivity index (χ3v) is 1.88. The second-order valence-electron chi connectivity index (χ2n) is 2.73. The van der Waals surface area contributed by atoms with E-state index in [4.69, 9.17) is 0 Å². The van der Waals surface area contributed by atoms with E-state index in [2.05, 4.69) is 48.5 Å². The predicted octanol–water partition coefficient (Wildman–Crippen LogP) is 2.97. The molecule has 0 aromatic heterocycles. The van der Waals surface area contributed by atoms with Crippen molar-refractivity contribution in [3.05, 3.63) is 60.7 Å². The van der Waals surface area contributed by atoms with E-state index in [1.165, 1.54) is 11.1 Å². The molecule has 2 aromatic rings. The molecule has 0 aliphatic heterocycles. The molecule has 0 aliphatic carbocycles. The van der Waals surface area contributed by atoms with Crippen LogP contribution < -0.4 is 0 Å². The van der Waals surface area contributed by atoms with Crippen LogP contribution in [0.3, 0.4) is 0 Å². The van der Waals surface area contributed by atoms with Gasteiger partial charge in [0.2, 0.25) is 0 Å². The summed E-state index contributed by atoms with van der Waals surface area (Å²) in [6.45, 7) is 0. The summed E-state index contributed by atoms with van der Waals surface area (Å²) in [6.07, 6.45) is 0. The Labute approximate surface area is 89.9 Å². The van der Waals surface area contributed by atoms with Gasteiger partial charge in [-0.15, -0.1) is 0 Å². The molecule has 0 bridgehead atoms. The fourth-order valence-electron chi connectivity index (χ4n) is 1.26. The Morgan fingerprint density at radius 1 is 0.462 bits per heavy atom. The predicted molar refractivity (Wildman–Crippen MR) is 57.6 cm³/mol. The molecule has 13 heavy (non-hydrogen) atoms. The first-order valence-electron chi connectivity index (χ1n) is 4.07. The maximum absolute atomic E-state index is 2.12. The molecule has 0 amide bonds. The van der Waals surface area contributed by atoms with E-state index in [0.717, 1.165) is 0 Å². The molecule has 0 nitrogen and oxygen atoms in total. The van der Waals surface area contributed by atoms with Gasteiger partial charge in [0, 0.05) is 18.0 Å². The molecule has 0 atom stereocenters. The molecule has 3 radical (unpaired) electrons. The molecule has 0 unspecified atom stereocenters. The molecular weight excluding hydrogens is 219 g/mol. The van der Waals surface area contributed by atoms with E-state index in [9.17, 15) is 0 Å². The zero-order valence-corrected chi connectivity index (χ0v) is 9.10. The van der Waals surface area contributed by atoms with E-state index in [1.54, 1.807) is 0 Å². The first kappa shape index (κ1) is 10.1. The Hall–Kier alpha value is -1.00. The summed E-state index contributed by atoms with van der Waals surface area (Å²) < 4.78 is 0.